The smallest absolute Gasteiger partial charge is 0.141 e. The van der Waals surface area contributed by atoms with Crippen molar-refractivity contribution in [3.8, 4) is 0 Å². The molecule has 1 unspecified atom stereocenters. The van der Waals surface area contributed by atoms with Crippen LogP contribution in [0.2, 0.25) is 5.02 Å². The molecule has 0 amide bonds. The van der Waals surface area contributed by atoms with E-state index in [1.807, 2.05) is 19.1 Å². The highest BCUT2D eigenvalue weighted by molar-refractivity contribution is 6.31. The number of benzene rings is 1. The first-order valence-electron chi connectivity index (χ1n) is 8.23. The standard InChI is InChI=1S/C19H20ClFN2O/c1-18(24,13-3-2-6-22-10-13)14-8-19(9-14)11-23(12-19)15-4-5-17(21)16(20)7-15/h2-7,10,14,24H,8-9,11-12H2,1H3. The lowest BCUT2D eigenvalue weighted by atomic mass is 9.53. The number of nitrogens with zero attached hydrogens (tertiary/aromatic N) is 2. The van der Waals surface area contributed by atoms with Gasteiger partial charge in [-0.25, -0.2) is 4.39 Å². The fraction of sp³-hybridized carbons (Fsp3) is 0.421. The van der Waals surface area contributed by atoms with Crippen molar-refractivity contribution in [2.75, 3.05) is 18.0 Å². The van der Waals surface area contributed by atoms with Gasteiger partial charge in [-0.15, -0.1) is 0 Å². The largest absolute Gasteiger partial charge is 0.385 e. The Kier molecular flexibility index (Phi) is 3.59. The lowest BCUT2D eigenvalue weighted by molar-refractivity contribution is -0.111. The Bertz CT molecular complexity index is 751. The van der Waals surface area contributed by atoms with E-state index in [4.69, 9.17) is 11.6 Å². The van der Waals surface area contributed by atoms with Gasteiger partial charge in [0, 0.05) is 42.1 Å². The Hall–Kier alpha value is -1.65. The highest BCUT2D eigenvalue weighted by Crippen LogP contribution is 2.58. The van der Waals surface area contributed by atoms with Crippen molar-refractivity contribution >= 4 is 17.3 Å². The minimum Gasteiger partial charge on any atom is -0.385 e. The summed E-state index contributed by atoms with van der Waals surface area (Å²) >= 11 is 5.87. The zero-order valence-corrected chi connectivity index (χ0v) is 14.3. The minimum absolute atomic E-state index is 0.166. The van der Waals surface area contributed by atoms with Crippen LogP contribution in [0.5, 0.6) is 0 Å². The lowest BCUT2D eigenvalue weighted by Gasteiger charge is -2.62. The maximum Gasteiger partial charge on any atom is 0.141 e. The second-order valence-corrected chi connectivity index (χ2v) is 7.86. The number of hydrogen-bond donors (Lipinski definition) is 1. The van der Waals surface area contributed by atoms with Crippen LogP contribution in [0.25, 0.3) is 0 Å². The molecular weight excluding hydrogens is 327 g/mol. The Balaban J connectivity index is 1.39. The van der Waals surface area contributed by atoms with Crippen LogP contribution in [0.4, 0.5) is 10.1 Å². The molecule has 3 nitrogen and oxygen atoms in total. The van der Waals surface area contributed by atoms with Crippen molar-refractivity contribution in [1.29, 1.82) is 0 Å². The summed E-state index contributed by atoms with van der Waals surface area (Å²) in [5.74, 6) is -0.132. The second kappa shape index (κ2) is 5.43. The maximum atomic E-state index is 13.3. The SMILES string of the molecule is CC(O)(c1cccnc1)C1CC2(C1)CN(c1ccc(F)c(Cl)c1)C2. The topological polar surface area (TPSA) is 36.4 Å². The highest BCUT2D eigenvalue weighted by Gasteiger charge is 2.57. The maximum absolute atomic E-state index is 13.3. The molecule has 2 aromatic rings. The van der Waals surface area contributed by atoms with Crippen molar-refractivity contribution in [3.63, 3.8) is 0 Å². The third kappa shape index (κ3) is 2.49. The van der Waals surface area contributed by atoms with Gasteiger partial charge in [-0.3, -0.25) is 4.98 Å². The lowest BCUT2D eigenvalue weighted by Crippen LogP contribution is -2.65. The minimum atomic E-state index is -0.834. The molecule has 1 aromatic heterocycles. The molecule has 126 valence electrons. The van der Waals surface area contributed by atoms with Gasteiger partial charge in [-0.1, -0.05) is 17.7 Å². The molecule has 1 aliphatic carbocycles. The molecule has 4 rings (SSSR count). The van der Waals surface area contributed by atoms with Crippen molar-refractivity contribution in [1.82, 2.24) is 4.98 Å². The number of pyridine rings is 1. The van der Waals surface area contributed by atoms with E-state index in [2.05, 4.69) is 9.88 Å². The van der Waals surface area contributed by atoms with Crippen LogP contribution in [0, 0.1) is 17.2 Å². The first kappa shape index (κ1) is 15.9. The van der Waals surface area contributed by atoms with E-state index in [1.165, 1.54) is 6.07 Å². The molecule has 1 saturated heterocycles. The van der Waals surface area contributed by atoms with Crippen molar-refractivity contribution in [2.45, 2.75) is 25.4 Å². The average molecular weight is 347 g/mol. The van der Waals surface area contributed by atoms with Crippen LogP contribution in [-0.2, 0) is 5.60 Å². The van der Waals surface area contributed by atoms with Crippen LogP contribution < -0.4 is 4.90 Å². The van der Waals surface area contributed by atoms with Gasteiger partial charge in [0.1, 0.15) is 5.82 Å². The second-order valence-electron chi connectivity index (χ2n) is 7.45. The molecule has 1 atom stereocenters. The molecule has 1 saturated carbocycles. The summed E-state index contributed by atoms with van der Waals surface area (Å²) in [6.07, 6.45) is 5.47. The number of aliphatic hydroxyl groups is 1. The molecule has 0 bridgehead atoms. The predicted molar refractivity (Wildman–Crippen MR) is 92.6 cm³/mol. The number of aromatic nitrogens is 1. The zero-order valence-electron chi connectivity index (χ0n) is 13.5. The van der Waals surface area contributed by atoms with Crippen LogP contribution in [-0.4, -0.2) is 23.2 Å². The first-order chi connectivity index (χ1) is 11.4. The van der Waals surface area contributed by atoms with E-state index in [0.717, 1.165) is 37.2 Å². The summed E-state index contributed by atoms with van der Waals surface area (Å²) < 4.78 is 13.3. The summed E-state index contributed by atoms with van der Waals surface area (Å²) in [5.41, 5.74) is 1.29. The molecule has 5 heteroatoms. The molecule has 1 aliphatic heterocycles. The molecule has 2 fully saturated rings. The average Bonchev–Trinajstić information content (AvgIpc) is 2.48. The summed E-state index contributed by atoms with van der Waals surface area (Å²) in [6.45, 7) is 3.76. The summed E-state index contributed by atoms with van der Waals surface area (Å²) in [5, 5.41) is 11.1. The van der Waals surface area contributed by atoms with Crippen LogP contribution >= 0.6 is 11.6 Å². The van der Waals surface area contributed by atoms with Gasteiger partial charge < -0.3 is 10.0 Å². The molecule has 2 aliphatic rings. The van der Waals surface area contributed by atoms with E-state index in [1.54, 1.807) is 24.5 Å². The molecule has 1 aromatic carbocycles. The van der Waals surface area contributed by atoms with Crippen LogP contribution in [0.3, 0.4) is 0 Å². The Morgan fingerprint density at radius 2 is 2.08 bits per heavy atom. The summed E-state index contributed by atoms with van der Waals surface area (Å²) in [6, 6.07) is 8.67. The molecule has 1 N–H and O–H groups in total. The molecule has 1 spiro atoms. The highest BCUT2D eigenvalue weighted by atomic mass is 35.5. The fourth-order valence-corrected chi connectivity index (χ4v) is 4.34. The number of rotatable bonds is 3. The van der Waals surface area contributed by atoms with Gasteiger partial charge >= 0.3 is 0 Å². The normalized spacial score (nSPS) is 21.9. The predicted octanol–water partition coefficient (Wildman–Crippen LogP) is 4.00. The third-order valence-corrected chi connectivity index (χ3v) is 6.01. The molecule has 24 heavy (non-hydrogen) atoms. The molecule has 0 radical (unpaired) electrons. The number of halogens is 2. The fourth-order valence-electron chi connectivity index (χ4n) is 4.17. The van der Waals surface area contributed by atoms with Crippen molar-refractivity contribution in [3.05, 3.63) is 59.1 Å². The monoisotopic (exact) mass is 346 g/mol. The summed E-state index contributed by atoms with van der Waals surface area (Å²) in [4.78, 5) is 6.34. The van der Waals surface area contributed by atoms with E-state index < -0.39 is 5.60 Å². The number of hydrogen-bond acceptors (Lipinski definition) is 3. The van der Waals surface area contributed by atoms with Crippen LogP contribution in [0.15, 0.2) is 42.7 Å². The van der Waals surface area contributed by atoms with Gasteiger partial charge in [0.05, 0.1) is 10.6 Å². The van der Waals surface area contributed by atoms with E-state index in [9.17, 15) is 9.50 Å². The van der Waals surface area contributed by atoms with Gasteiger partial charge in [-0.05, 0) is 49.9 Å². The van der Waals surface area contributed by atoms with Gasteiger partial charge in [-0.2, -0.15) is 0 Å². The Morgan fingerprint density at radius 3 is 2.71 bits per heavy atom. The first-order valence-corrected chi connectivity index (χ1v) is 8.60. The van der Waals surface area contributed by atoms with Crippen LogP contribution in [0.1, 0.15) is 25.3 Å². The molecule has 2 heterocycles. The summed E-state index contributed by atoms with van der Waals surface area (Å²) in [7, 11) is 0. The van der Waals surface area contributed by atoms with Crippen molar-refractivity contribution < 1.29 is 9.50 Å². The van der Waals surface area contributed by atoms with E-state index in [-0.39, 0.29) is 22.2 Å². The molecular formula is C19H20ClFN2O. The Morgan fingerprint density at radius 1 is 1.33 bits per heavy atom. The number of anilines is 1. The third-order valence-electron chi connectivity index (χ3n) is 5.72. The van der Waals surface area contributed by atoms with E-state index >= 15 is 0 Å². The van der Waals surface area contributed by atoms with Gasteiger partial charge in [0.15, 0.2) is 0 Å². The van der Waals surface area contributed by atoms with Gasteiger partial charge in [0.2, 0.25) is 0 Å². The van der Waals surface area contributed by atoms with Gasteiger partial charge in [0.25, 0.3) is 0 Å². The zero-order chi connectivity index (χ0) is 16.9. The van der Waals surface area contributed by atoms with Crippen molar-refractivity contribution in [2.24, 2.45) is 11.3 Å². The van der Waals surface area contributed by atoms with E-state index in [0.29, 0.717) is 0 Å². The quantitative estimate of drug-likeness (QED) is 0.912. The Labute approximate surface area is 146 Å².